The molecule has 0 saturated carbocycles. The summed E-state index contributed by atoms with van der Waals surface area (Å²) < 4.78 is 19.4. The van der Waals surface area contributed by atoms with Crippen molar-refractivity contribution >= 4 is 18.0 Å². The Hall–Kier alpha value is -2.10. The fourth-order valence-corrected chi connectivity index (χ4v) is 1.43. The molecule has 0 N–H and O–H groups in total. The molecule has 1 rings (SSSR count). The molecule has 0 aliphatic carbocycles. The number of hydrogen-bond donors (Lipinski definition) is 0. The van der Waals surface area contributed by atoms with Crippen LogP contribution in [0.2, 0.25) is 0 Å². The third-order valence-electron chi connectivity index (χ3n) is 2.55. The molecule has 0 amide bonds. The van der Waals surface area contributed by atoms with Crippen molar-refractivity contribution in [2.45, 2.75) is 38.6 Å². The van der Waals surface area contributed by atoms with Crippen LogP contribution in [-0.2, 0) is 36.6 Å². The van der Waals surface area contributed by atoms with E-state index < -0.39 is 35.0 Å². The summed E-state index contributed by atoms with van der Waals surface area (Å²) in [5.74, 6) is 0.0384. The largest absolute Gasteiger partial charge is 2.00 e. The number of ether oxygens (including phenoxy) is 4. The fraction of sp³-hybridized carbons (Fsp3) is 0.375. The molecule has 9 nitrogen and oxygen atoms in total. The maximum Gasteiger partial charge on any atom is 2.00 e. The van der Waals surface area contributed by atoms with Gasteiger partial charge in [0.1, 0.15) is 11.4 Å². The van der Waals surface area contributed by atoms with Gasteiger partial charge in [-0.25, -0.2) is 9.59 Å². The molecule has 1 radical (unpaired) electrons. The third kappa shape index (κ3) is 8.84. The van der Waals surface area contributed by atoms with E-state index in [-0.39, 0.29) is 33.8 Å². The van der Waals surface area contributed by atoms with Crippen LogP contribution in [0.4, 0.5) is 15.3 Å². The van der Waals surface area contributed by atoms with Gasteiger partial charge in [-0.1, -0.05) is 0 Å². The Morgan fingerprint density at radius 3 is 1.92 bits per heavy atom. The van der Waals surface area contributed by atoms with Gasteiger partial charge in [-0.3, -0.25) is 10.1 Å². The minimum absolute atomic E-state index is 0. The predicted octanol–water partition coefficient (Wildman–Crippen LogP) is 3.46. The van der Waals surface area contributed by atoms with Gasteiger partial charge in [0.15, 0.2) is 0 Å². The Balaban J connectivity index is 0.00000625. The van der Waals surface area contributed by atoms with E-state index in [9.17, 15) is 19.7 Å². The first kappa shape index (κ1) is 23.9. The second-order valence-corrected chi connectivity index (χ2v) is 5.88. The first-order valence-electron chi connectivity index (χ1n) is 7.16. The summed E-state index contributed by atoms with van der Waals surface area (Å²) in [6.45, 7) is 12.0. The van der Waals surface area contributed by atoms with Gasteiger partial charge in [0.05, 0.1) is 4.92 Å². The van der Waals surface area contributed by atoms with E-state index in [0.717, 1.165) is 0 Å². The summed E-state index contributed by atoms with van der Waals surface area (Å²) >= 11 is 0. The average Bonchev–Trinajstić information content (AvgIpc) is 2.45. The number of nitro benzene ring substituents is 1. The molecule has 0 unspecified atom stereocenters. The first-order chi connectivity index (χ1) is 11.5. The van der Waals surface area contributed by atoms with Crippen LogP contribution in [-0.4, -0.2) is 35.0 Å². The van der Waals surface area contributed by atoms with Gasteiger partial charge in [-0.15, -0.1) is 0 Å². The number of hydrogen-bond acceptors (Lipinski definition) is 8. The molecule has 10 heteroatoms. The summed E-state index contributed by atoms with van der Waals surface area (Å²) in [6, 6.07) is 4.80. The molecule has 0 fully saturated rings. The Bertz CT molecular complexity index is 626. The van der Waals surface area contributed by atoms with Gasteiger partial charge < -0.3 is 32.8 Å². The minimum atomic E-state index is -1.15. The molecule has 1 aromatic carbocycles. The summed E-state index contributed by atoms with van der Waals surface area (Å²) in [5, 5.41) is 10.5. The molecule has 0 saturated heterocycles. The monoisotopic (exact) mass is 446 g/mol. The van der Waals surface area contributed by atoms with Crippen molar-refractivity contribution in [3.63, 3.8) is 0 Å². The molecule has 1 aromatic rings. The molecule has 0 aliphatic rings. The molecule has 0 bridgehead atoms. The Morgan fingerprint density at radius 1 is 1.04 bits per heavy atom. The Labute approximate surface area is 166 Å². The van der Waals surface area contributed by atoms with Crippen molar-refractivity contribution in [3.8, 4) is 5.75 Å². The number of nitro groups is 1. The SMILES string of the molecule is [CH2-][C@H](OC(=O)Oc1ccc([N+](=O)[O-])cc1)[C@H]([CH2-])OC(=O)OC(C)(C)C.[Nb+2]. The third-order valence-corrected chi connectivity index (χ3v) is 2.55. The van der Waals surface area contributed by atoms with Gasteiger partial charge in [0.25, 0.3) is 5.69 Å². The molecular formula is C16H19NNbO8. The zero-order valence-corrected chi connectivity index (χ0v) is 16.7. The average molecular weight is 446 g/mol. The predicted molar refractivity (Wildman–Crippen MR) is 85.8 cm³/mol. The van der Waals surface area contributed by atoms with Crippen LogP contribution in [0.25, 0.3) is 0 Å². The normalized spacial score (nSPS) is 12.8. The van der Waals surface area contributed by atoms with E-state index in [1.165, 1.54) is 24.3 Å². The summed E-state index contributed by atoms with van der Waals surface area (Å²) in [4.78, 5) is 33.1. The number of nitrogens with zero attached hydrogens (tertiary/aromatic N) is 1. The number of carbonyl (C=O) groups excluding carboxylic acids is 2. The molecule has 0 aromatic heterocycles. The topological polar surface area (TPSA) is 114 Å². The van der Waals surface area contributed by atoms with Crippen LogP contribution in [0.1, 0.15) is 20.8 Å². The Morgan fingerprint density at radius 2 is 1.50 bits per heavy atom. The summed E-state index contributed by atoms with van der Waals surface area (Å²) in [5.41, 5.74) is -0.900. The first-order valence-corrected chi connectivity index (χ1v) is 7.16. The molecule has 141 valence electrons. The maximum atomic E-state index is 11.6. The van der Waals surface area contributed by atoms with Crippen LogP contribution in [0.5, 0.6) is 5.75 Å². The summed E-state index contributed by atoms with van der Waals surface area (Å²) in [6.07, 6.45) is -4.39. The quantitative estimate of drug-likeness (QED) is 0.169. The van der Waals surface area contributed by atoms with E-state index in [2.05, 4.69) is 13.8 Å². The van der Waals surface area contributed by atoms with Gasteiger partial charge in [0.2, 0.25) is 0 Å². The van der Waals surface area contributed by atoms with Gasteiger partial charge >= 0.3 is 34.7 Å². The van der Waals surface area contributed by atoms with Crippen molar-refractivity contribution in [2.75, 3.05) is 0 Å². The second-order valence-electron chi connectivity index (χ2n) is 5.88. The van der Waals surface area contributed by atoms with Crippen molar-refractivity contribution in [3.05, 3.63) is 48.2 Å². The van der Waals surface area contributed by atoms with Crippen molar-refractivity contribution in [2.24, 2.45) is 0 Å². The van der Waals surface area contributed by atoms with E-state index >= 15 is 0 Å². The van der Waals surface area contributed by atoms with Crippen LogP contribution in [0.3, 0.4) is 0 Å². The van der Waals surface area contributed by atoms with Crippen molar-refractivity contribution in [1.29, 1.82) is 0 Å². The molecular weight excluding hydrogens is 427 g/mol. The number of non-ortho nitro benzene ring substituents is 1. The zero-order valence-electron chi connectivity index (χ0n) is 14.5. The van der Waals surface area contributed by atoms with E-state index in [4.69, 9.17) is 18.9 Å². The van der Waals surface area contributed by atoms with E-state index in [1.54, 1.807) is 20.8 Å². The van der Waals surface area contributed by atoms with Gasteiger partial charge in [-0.2, -0.15) is 0 Å². The molecule has 0 aliphatic heterocycles. The van der Waals surface area contributed by atoms with Crippen LogP contribution in [0.15, 0.2) is 24.3 Å². The standard InChI is InChI=1S/C16H19NO8.Nb/c1-10(11(2)23-15(19)25-16(3,4)5)22-14(18)24-13-8-6-12(7-9-13)17(20)21;/h6-11H,1-2H2,3-5H3;/q-2;+2/t10-,11-;/m0./s1. The van der Waals surface area contributed by atoms with Gasteiger partial charge in [-0.05, 0) is 45.1 Å². The van der Waals surface area contributed by atoms with Gasteiger partial charge in [0, 0.05) is 12.1 Å². The molecule has 0 spiro atoms. The fourth-order valence-electron chi connectivity index (χ4n) is 1.43. The number of benzene rings is 1. The van der Waals surface area contributed by atoms with Crippen LogP contribution < -0.4 is 4.74 Å². The maximum absolute atomic E-state index is 11.6. The Kier molecular flexibility index (Phi) is 9.33. The number of rotatable bonds is 5. The zero-order chi connectivity index (χ0) is 19.2. The van der Waals surface area contributed by atoms with Crippen LogP contribution >= 0.6 is 0 Å². The summed E-state index contributed by atoms with van der Waals surface area (Å²) in [7, 11) is 0. The van der Waals surface area contributed by atoms with E-state index in [0.29, 0.717) is 0 Å². The van der Waals surface area contributed by atoms with Crippen molar-refractivity contribution < 1.29 is 55.8 Å². The number of carbonyl (C=O) groups is 2. The molecule has 26 heavy (non-hydrogen) atoms. The van der Waals surface area contributed by atoms with Crippen LogP contribution in [0, 0.1) is 24.0 Å². The van der Waals surface area contributed by atoms with Crippen molar-refractivity contribution in [1.82, 2.24) is 0 Å². The second kappa shape index (κ2) is 10.1. The molecule has 0 heterocycles. The minimum Gasteiger partial charge on any atom is -0.463 e. The van der Waals surface area contributed by atoms with E-state index in [1.807, 2.05) is 0 Å². The molecule has 2 atom stereocenters. The smallest absolute Gasteiger partial charge is 0.463 e.